The first-order valence-corrected chi connectivity index (χ1v) is 7.82. The third kappa shape index (κ3) is 2.62. The molecule has 20 heavy (non-hydrogen) atoms. The van der Waals surface area contributed by atoms with Crippen molar-refractivity contribution in [2.24, 2.45) is 0 Å². The van der Waals surface area contributed by atoms with Crippen molar-refractivity contribution >= 4 is 32.5 Å². The summed E-state index contributed by atoms with van der Waals surface area (Å²) in [4.78, 5) is 4.80. The van der Waals surface area contributed by atoms with Crippen molar-refractivity contribution in [2.75, 3.05) is 19.0 Å². The summed E-state index contributed by atoms with van der Waals surface area (Å²) in [5, 5.41) is 4.60. The average Bonchev–Trinajstić information content (AvgIpc) is 2.46. The number of aromatic nitrogens is 1. The summed E-state index contributed by atoms with van der Waals surface area (Å²) in [7, 11) is 1.70. The number of aryl methyl sites for hydroxylation is 1. The molecule has 3 nitrogen and oxygen atoms in total. The van der Waals surface area contributed by atoms with Gasteiger partial charge in [-0.2, -0.15) is 0 Å². The fourth-order valence-corrected chi connectivity index (χ4v) is 2.85. The van der Waals surface area contributed by atoms with Crippen molar-refractivity contribution in [1.82, 2.24) is 4.98 Å². The predicted molar refractivity (Wildman–Crippen MR) is 88.9 cm³/mol. The number of benzene rings is 1. The van der Waals surface area contributed by atoms with Crippen molar-refractivity contribution in [3.63, 3.8) is 0 Å². The number of anilines is 1. The molecule has 0 radical (unpaired) electrons. The molecule has 1 aromatic heterocycles. The Kier molecular flexibility index (Phi) is 4.86. The number of ether oxygens (including phenoxy) is 1. The summed E-state index contributed by atoms with van der Waals surface area (Å²) in [6.07, 6.45) is 2.01. The molecule has 0 unspecified atom stereocenters. The van der Waals surface area contributed by atoms with E-state index in [1.54, 1.807) is 7.11 Å². The Hall–Kier alpha value is -1.29. The highest BCUT2D eigenvalue weighted by Crippen LogP contribution is 2.38. The number of nitrogens with one attached hydrogen (secondary N) is 1. The van der Waals surface area contributed by atoms with Gasteiger partial charge >= 0.3 is 0 Å². The van der Waals surface area contributed by atoms with Crippen LogP contribution < -0.4 is 10.1 Å². The van der Waals surface area contributed by atoms with Crippen molar-refractivity contribution in [2.45, 2.75) is 33.6 Å². The molecular weight excluding hydrogens is 316 g/mol. The van der Waals surface area contributed by atoms with Crippen LogP contribution in [-0.2, 0) is 6.42 Å². The number of pyridine rings is 1. The van der Waals surface area contributed by atoms with E-state index < -0.39 is 0 Å². The monoisotopic (exact) mass is 336 g/mol. The highest BCUT2D eigenvalue weighted by molar-refractivity contribution is 9.10. The van der Waals surface area contributed by atoms with Crippen LogP contribution in [0.5, 0.6) is 5.75 Å². The maximum absolute atomic E-state index is 5.53. The van der Waals surface area contributed by atoms with E-state index in [-0.39, 0.29) is 0 Å². The standard InChI is InChI=1S/C16H21BrN2O/c1-5-9-18-15-10(3)12(6-2)19-16-11(17)7-8-13(20-4)14(15)16/h7-8H,5-6,9H2,1-4H3,(H,18,19). The van der Waals surface area contributed by atoms with Gasteiger partial charge in [-0.15, -0.1) is 0 Å². The van der Waals surface area contributed by atoms with E-state index in [1.165, 1.54) is 5.56 Å². The van der Waals surface area contributed by atoms with E-state index in [9.17, 15) is 0 Å². The first-order chi connectivity index (χ1) is 9.63. The van der Waals surface area contributed by atoms with Crippen LogP contribution >= 0.6 is 15.9 Å². The zero-order chi connectivity index (χ0) is 14.7. The van der Waals surface area contributed by atoms with Gasteiger partial charge in [0.2, 0.25) is 0 Å². The summed E-state index contributed by atoms with van der Waals surface area (Å²) in [5.41, 5.74) is 4.45. The second-order valence-electron chi connectivity index (χ2n) is 4.81. The summed E-state index contributed by atoms with van der Waals surface area (Å²) >= 11 is 3.60. The molecule has 0 fully saturated rings. The zero-order valence-electron chi connectivity index (χ0n) is 12.5. The summed E-state index contributed by atoms with van der Waals surface area (Å²) in [5.74, 6) is 0.861. The molecular formula is C16H21BrN2O. The quantitative estimate of drug-likeness (QED) is 0.859. The molecule has 2 aromatic rings. The lowest BCUT2D eigenvalue weighted by Gasteiger charge is -2.18. The molecule has 0 bridgehead atoms. The molecule has 0 amide bonds. The molecule has 0 saturated heterocycles. The number of fused-ring (bicyclic) bond motifs is 1. The molecule has 0 aliphatic rings. The van der Waals surface area contributed by atoms with Gasteiger partial charge in [0, 0.05) is 16.7 Å². The second-order valence-corrected chi connectivity index (χ2v) is 5.67. The van der Waals surface area contributed by atoms with Gasteiger partial charge in [0.1, 0.15) is 5.75 Å². The van der Waals surface area contributed by atoms with E-state index in [4.69, 9.17) is 9.72 Å². The van der Waals surface area contributed by atoms with E-state index in [2.05, 4.69) is 42.0 Å². The molecule has 0 atom stereocenters. The Morgan fingerprint density at radius 1 is 1.30 bits per heavy atom. The van der Waals surface area contributed by atoms with Crippen molar-refractivity contribution in [3.8, 4) is 5.75 Å². The van der Waals surface area contributed by atoms with Gasteiger partial charge in [0.05, 0.1) is 23.7 Å². The SMILES string of the molecule is CCCNc1c(C)c(CC)nc2c(Br)ccc(OC)c12. The smallest absolute Gasteiger partial charge is 0.130 e. The maximum Gasteiger partial charge on any atom is 0.130 e. The average molecular weight is 337 g/mol. The molecule has 0 saturated carbocycles. The Bertz CT molecular complexity index is 626. The second kappa shape index (κ2) is 6.44. The summed E-state index contributed by atoms with van der Waals surface area (Å²) in [6, 6.07) is 3.98. The lowest BCUT2D eigenvalue weighted by Crippen LogP contribution is -2.07. The number of nitrogens with zero attached hydrogens (tertiary/aromatic N) is 1. The topological polar surface area (TPSA) is 34.2 Å². The molecule has 1 heterocycles. The Morgan fingerprint density at radius 2 is 2.05 bits per heavy atom. The number of hydrogen-bond donors (Lipinski definition) is 1. The maximum atomic E-state index is 5.53. The van der Waals surface area contributed by atoms with Crippen molar-refractivity contribution in [1.29, 1.82) is 0 Å². The minimum atomic E-state index is 0.861. The van der Waals surface area contributed by atoms with Gasteiger partial charge < -0.3 is 10.1 Å². The van der Waals surface area contributed by atoms with Crippen molar-refractivity contribution < 1.29 is 4.74 Å². The number of halogens is 1. The predicted octanol–water partition coefficient (Wildman–Crippen LogP) is 4.70. The number of methoxy groups -OCH3 is 1. The zero-order valence-corrected chi connectivity index (χ0v) is 14.1. The highest BCUT2D eigenvalue weighted by Gasteiger charge is 2.16. The number of rotatable bonds is 5. The molecule has 0 spiro atoms. The largest absolute Gasteiger partial charge is 0.496 e. The first kappa shape index (κ1) is 15.1. The van der Waals surface area contributed by atoms with Crippen LogP contribution in [0.3, 0.4) is 0 Å². The van der Waals surface area contributed by atoms with E-state index >= 15 is 0 Å². The normalized spacial score (nSPS) is 10.8. The minimum absolute atomic E-state index is 0.861. The van der Waals surface area contributed by atoms with E-state index in [0.717, 1.165) is 51.9 Å². The first-order valence-electron chi connectivity index (χ1n) is 7.03. The molecule has 0 aliphatic carbocycles. The van der Waals surface area contributed by atoms with Crippen LogP contribution in [0.25, 0.3) is 10.9 Å². The molecule has 108 valence electrons. The van der Waals surface area contributed by atoms with Gasteiger partial charge in [0.15, 0.2) is 0 Å². The minimum Gasteiger partial charge on any atom is -0.496 e. The van der Waals surface area contributed by atoms with Gasteiger partial charge in [-0.05, 0) is 53.4 Å². The van der Waals surface area contributed by atoms with E-state index in [1.807, 2.05) is 12.1 Å². The molecule has 4 heteroatoms. The van der Waals surface area contributed by atoms with Crippen LogP contribution in [0.15, 0.2) is 16.6 Å². The Balaban J connectivity index is 2.81. The summed E-state index contributed by atoms with van der Waals surface area (Å²) in [6.45, 7) is 7.38. The fraction of sp³-hybridized carbons (Fsp3) is 0.438. The van der Waals surface area contributed by atoms with E-state index in [0.29, 0.717) is 0 Å². The van der Waals surface area contributed by atoms with Gasteiger partial charge in [-0.25, -0.2) is 0 Å². The fourth-order valence-electron chi connectivity index (χ4n) is 2.43. The van der Waals surface area contributed by atoms with Gasteiger partial charge in [-0.3, -0.25) is 4.98 Å². The van der Waals surface area contributed by atoms with Crippen LogP contribution in [0.2, 0.25) is 0 Å². The van der Waals surface area contributed by atoms with Crippen LogP contribution in [0.4, 0.5) is 5.69 Å². The van der Waals surface area contributed by atoms with Crippen LogP contribution in [0, 0.1) is 6.92 Å². The molecule has 1 aromatic carbocycles. The lowest BCUT2D eigenvalue weighted by atomic mass is 10.0. The lowest BCUT2D eigenvalue weighted by molar-refractivity contribution is 0.420. The van der Waals surface area contributed by atoms with Crippen molar-refractivity contribution in [3.05, 3.63) is 27.9 Å². The third-order valence-electron chi connectivity index (χ3n) is 3.50. The Labute approximate surface area is 128 Å². The molecule has 2 rings (SSSR count). The molecule has 1 N–H and O–H groups in total. The summed E-state index contributed by atoms with van der Waals surface area (Å²) < 4.78 is 6.53. The van der Waals surface area contributed by atoms with Gasteiger partial charge in [-0.1, -0.05) is 13.8 Å². The molecule has 0 aliphatic heterocycles. The van der Waals surface area contributed by atoms with Crippen LogP contribution in [0.1, 0.15) is 31.5 Å². The number of hydrogen-bond acceptors (Lipinski definition) is 3. The Morgan fingerprint density at radius 3 is 2.65 bits per heavy atom. The highest BCUT2D eigenvalue weighted by atomic mass is 79.9. The van der Waals surface area contributed by atoms with Crippen LogP contribution in [-0.4, -0.2) is 18.6 Å². The third-order valence-corrected chi connectivity index (χ3v) is 4.14. The van der Waals surface area contributed by atoms with Gasteiger partial charge in [0.25, 0.3) is 0 Å².